The first-order valence-corrected chi connectivity index (χ1v) is 10.4. The molecule has 2 aliphatic rings. The van der Waals surface area contributed by atoms with Gasteiger partial charge >= 0.3 is 0 Å². The summed E-state index contributed by atoms with van der Waals surface area (Å²) in [4.78, 5) is 15.3. The number of amides is 1. The lowest BCUT2D eigenvalue weighted by Gasteiger charge is -2.38. The number of benzene rings is 3. The number of nitrogens with one attached hydrogen (secondary N) is 1. The molecule has 0 bridgehead atoms. The van der Waals surface area contributed by atoms with Crippen molar-refractivity contribution >= 4 is 11.6 Å². The zero-order chi connectivity index (χ0) is 22.1. The third-order valence-corrected chi connectivity index (χ3v) is 5.82. The normalized spacial score (nSPS) is 16.4. The zero-order valence-corrected chi connectivity index (χ0v) is 18.0. The third kappa shape index (κ3) is 3.56. The Bertz CT molecular complexity index is 1150. The molecule has 1 atom stereocenters. The van der Waals surface area contributed by atoms with Gasteiger partial charge < -0.3 is 29.2 Å². The Morgan fingerprint density at radius 1 is 1.03 bits per heavy atom. The van der Waals surface area contributed by atoms with Crippen molar-refractivity contribution in [3.8, 4) is 23.0 Å². The van der Waals surface area contributed by atoms with Crippen molar-refractivity contribution in [3.05, 3.63) is 77.4 Å². The first kappa shape index (κ1) is 20.1. The van der Waals surface area contributed by atoms with E-state index in [1.54, 1.807) is 14.2 Å². The largest absolute Gasteiger partial charge is 0.497 e. The molecule has 1 N–H and O–H groups in total. The van der Waals surface area contributed by atoms with E-state index in [1.165, 1.54) is 0 Å². The molecule has 0 aromatic heterocycles. The fourth-order valence-electron chi connectivity index (χ4n) is 4.14. The van der Waals surface area contributed by atoms with E-state index in [0.717, 1.165) is 22.6 Å². The van der Waals surface area contributed by atoms with Crippen LogP contribution in [0.4, 0.5) is 5.69 Å². The maximum atomic E-state index is 13.5. The molecule has 0 saturated heterocycles. The van der Waals surface area contributed by atoms with E-state index in [2.05, 4.69) is 5.32 Å². The fraction of sp³-hybridized carbons (Fsp3) is 0.240. The highest BCUT2D eigenvalue weighted by Gasteiger charge is 2.34. The maximum Gasteiger partial charge on any atom is 0.257 e. The van der Waals surface area contributed by atoms with Gasteiger partial charge in [-0.05, 0) is 48.4 Å². The van der Waals surface area contributed by atoms with Crippen molar-refractivity contribution in [1.29, 1.82) is 0 Å². The van der Waals surface area contributed by atoms with E-state index >= 15 is 0 Å². The van der Waals surface area contributed by atoms with Crippen LogP contribution in [0.5, 0.6) is 23.0 Å². The molecule has 164 valence electrons. The van der Waals surface area contributed by atoms with Crippen LogP contribution in [0.2, 0.25) is 0 Å². The minimum absolute atomic E-state index is 0.0190. The molecule has 32 heavy (non-hydrogen) atoms. The number of carbonyl (C=O) groups excluding carboxylic acids is 1. The monoisotopic (exact) mass is 432 g/mol. The highest BCUT2D eigenvalue weighted by Crippen LogP contribution is 2.45. The summed E-state index contributed by atoms with van der Waals surface area (Å²) in [5.41, 5.74) is 3.45. The summed E-state index contributed by atoms with van der Waals surface area (Å²) in [6, 6.07) is 19.3. The molecule has 7 nitrogen and oxygen atoms in total. The minimum atomic E-state index is -0.376. The molecule has 7 heteroatoms. The highest BCUT2D eigenvalue weighted by molar-refractivity contribution is 6.01. The first-order chi connectivity index (χ1) is 15.7. The van der Waals surface area contributed by atoms with Crippen molar-refractivity contribution in [2.75, 3.05) is 32.9 Å². The lowest BCUT2D eigenvalue weighted by molar-refractivity contribution is 0.0685. The van der Waals surface area contributed by atoms with Crippen LogP contribution in [0, 0.1) is 0 Å². The summed E-state index contributed by atoms with van der Waals surface area (Å²) in [5.74, 6) is 2.57. The standard InChI is InChI=1S/C25H24N2O5/c1-29-18-9-7-16(8-10-18)11-12-27-24(26-20-6-4-3-5-19(20)25(27)28)17-13-21(30-2)23-22(14-17)31-15-32-23/h3-10,13-14,24,26H,11-12,15H2,1-2H3/t24-/m1/s1. The zero-order valence-electron chi connectivity index (χ0n) is 18.0. The van der Waals surface area contributed by atoms with Crippen LogP contribution in [0.15, 0.2) is 60.7 Å². The number of anilines is 1. The Morgan fingerprint density at radius 2 is 1.84 bits per heavy atom. The maximum absolute atomic E-state index is 13.5. The van der Waals surface area contributed by atoms with Crippen LogP contribution < -0.4 is 24.3 Å². The van der Waals surface area contributed by atoms with Crippen LogP contribution in [-0.2, 0) is 6.42 Å². The number of hydrogen-bond donors (Lipinski definition) is 1. The van der Waals surface area contributed by atoms with E-state index in [0.29, 0.717) is 35.8 Å². The molecule has 0 spiro atoms. The molecule has 0 saturated carbocycles. The van der Waals surface area contributed by atoms with Gasteiger partial charge in [0.05, 0.1) is 19.8 Å². The molecule has 0 unspecified atom stereocenters. The Labute approximate surface area is 186 Å². The van der Waals surface area contributed by atoms with Crippen molar-refractivity contribution in [1.82, 2.24) is 4.90 Å². The fourth-order valence-corrected chi connectivity index (χ4v) is 4.14. The summed E-state index contributed by atoms with van der Waals surface area (Å²) >= 11 is 0. The molecule has 2 heterocycles. The molecule has 0 aliphatic carbocycles. The molecule has 0 fully saturated rings. The Balaban J connectivity index is 1.49. The molecule has 0 radical (unpaired) electrons. The second kappa shape index (κ2) is 8.34. The van der Waals surface area contributed by atoms with E-state index in [4.69, 9.17) is 18.9 Å². The first-order valence-electron chi connectivity index (χ1n) is 10.4. The molecule has 2 aliphatic heterocycles. The van der Waals surface area contributed by atoms with Gasteiger partial charge in [-0.15, -0.1) is 0 Å². The predicted octanol–water partition coefficient (Wildman–Crippen LogP) is 4.24. The van der Waals surface area contributed by atoms with Gasteiger partial charge in [0.1, 0.15) is 11.9 Å². The molecule has 3 aromatic rings. The number of carbonyl (C=O) groups is 1. The average Bonchev–Trinajstić information content (AvgIpc) is 3.32. The van der Waals surface area contributed by atoms with Crippen LogP contribution in [0.3, 0.4) is 0 Å². The van der Waals surface area contributed by atoms with Gasteiger partial charge in [0.25, 0.3) is 5.91 Å². The van der Waals surface area contributed by atoms with Crippen molar-refractivity contribution in [2.24, 2.45) is 0 Å². The van der Waals surface area contributed by atoms with Gasteiger partial charge in [-0.2, -0.15) is 0 Å². The summed E-state index contributed by atoms with van der Waals surface area (Å²) < 4.78 is 21.9. The summed E-state index contributed by atoms with van der Waals surface area (Å²) in [5, 5.41) is 3.52. The van der Waals surface area contributed by atoms with Gasteiger partial charge in [0, 0.05) is 17.8 Å². The molecular formula is C25H24N2O5. The van der Waals surface area contributed by atoms with Crippen LogP contribution in [0.1, 0.15) is 27.7 Å². The second-order valence-electron chi connectivity index (χ2n) is 7.65. The van der Waals surface area contributed by atoms with Gasteiger partial charge in [-0.1, -0.05) is 24.3 Å². The van der Waals surface area contributed by atoms with Gasteiger partial charge in [0.2, 0.25) is 12.5 Å². The molecule has 3 aromatic carbocycles. The molecule has 5 rings (SSSR count). The van der Waals surface area contributed by atoms with Crippen LogP contribution in [0.25, 0.3) is 0 Å². The molecular weight excluding hydrogens is 408 g/mol. The number of ether oxygens (including phenoxy) is 4. The van der Waals surface area contributed by atoms with E-state index < -0.39 is 0 Å². The number of methoxy groups -OCH3 is 2. The van der Waals surface area contributed by atoms with Crippen molar-refractivity contribution in [2.45, 2.75) is 12.6 Å². The Kier molecular flexibility index (Phi) is 5.23. The van der Waals surface area contributed by atoms with Crippen LogP contribution >= 0.6 is 0 Å². The number of nitrogens with zero attached hydrogens (tertiary/aromatic N) is 1. The minimum Gasteiger partial charge on any atom is -0.497 e. The SMILES string of the molecule is COc1ccc(CCN2C(=O)c3ccccc3N[C@H]2c2cc(OC)c3c(c2)OCO3)cc1. The quantitative estimate of drug-likeness (QED) is 0.628. The number of para-hydroxylation sites is 1. The Hall–Kier alpha value is -3.87. The number of fused-ring (bicyclic) bond motifs is 2. The van der Waals surface area contributed by atoms with Crippen molar-refractivity contribution < 1.29 is 23.7 Å². The third-order valence-electron chi connectivity index (χ3n) is 5.82. The summed E-state index contributed by atoms with van der Waals surface area (Å²) in [6.07, 6.45) is 0.330. The van der Waals surface area contributed by atoms with Crippen LogP contribution in [-0.4, -0.2) is 38.4 Å². The lowest BCUT2D eigenvalue weighted by Crippen LogP contribution is -2.44. The van der Waals surface area contributed by atoms with Gasteiger partial charge in [-0.3, -0.25) is 4.79 Å². The number of hydrogen-bond acceptors (Lipinski definition) is 6. The Morgan fingerprint density at radius 3 is 2.62 bits per heavy atom. The smallest absolute Gasteiger partial charge is 0.257 e. The summed E-state index contributed by atoms with van der Waals surface area (Å²) in [7, 11) is 3.24. The topological polar surface area (TPSA) is 69.3 Å². The van der Waals surface area contributed by atoms with E-state index in [9.17, 15) is 4.79 Å². The average molecular weight is 432 g/mol. The number of rotatable bonds is 6. The second-order valence-corrected chi connectivity index (χ2v) is 7.65. The van der Waals surface area contributed by atoms with Gasteiger partial charge in [0.15, 0.2) is 11.5 Å². The highest BCUT2D eigenvalue weighted by atomic mass is 16.7. The predicted molar refractivity (Wildman–Crippen MR) is 120 cm³/mol. The lowest BCUT2D eigenvalue weighted by atomic mass is 10.0. The van der Waals surface area contributed by atoms with E-state index in [1.807, 2.05) is 65.6 Å². The van der Waals surface area contributed by atoms with E-state index in [-0.39, 0.29) is 18.9 Å². The summed E-state index contributed by atoms with van der Waals surface area (Å²) in [6.45, 7) is 0.685. The van der Waals surface area contributed by atoms with Gasteiger partial charge in [-0.25, -0.2) is 0 Å². The molecule has 1 amide bonds. The van der Waals surface area contributed by atoms with Crippen molar-refractivity contribution in [3.63, 3.8) is 0 Å².